The first-order valence-corrected chi connectivity index (χ1v) is 8.80. The molecule has 0 radical (unpaired) electrons. The summed E-state index contributed by atoms with van der Waals surface area (Å²) in [5.74, 6) is 0. The van der Waals surface area contributed by atoms with E-state index in [1.54, 1.807) is 18.2 Å². The van der Waals surface area contributed by atoms with E-state index in [1.165, 1.54) is 23.1 Å². The van der Waals surface area contributed by atoms with E-state index in [-0.39, 0.29) is 10.6 Å². The topological polar surface area (TPSA) is 43.1 Å². The van der Waals surface area contributed by atoms with E-state index >= 15 is 0 Å². The third-order valence-corrected chi connectivity index (χ3v) is 6.19. The molecule has 0 aliphatic heterocycles. The van der Waals surface area contributed by atoms with Gasteiger partial charge in [-0.2, -0.15) is 0 Å². The quantitative estimate of drug-likeness (QED) is 0.438. The lowest BCUT2D eigenvalue weighted by atomic mass is 10.2. The van der Waals surface area contributed by atoms with Crippen molar-refractivity contribution in [2.24, 2.45) is 0 Å². The van der Waals surface area contributed by atoms with Crippen LogP contribution in [-0.4, -0.2) is 4.92 Å². The Labute approximate surface area is 141 Å². The second-order valence-corrected chi connectivity index (χ2v) is 7.63. The summed E-state index contributed by atoms with van der Waals surface area (Å²) in [4.78, 5) is 12.6. The summed E-state index contributed by atoms with van der Waals surface area (Å²) in [5.41, 5.74) is 0.146. The van der Waals surface area contributed by atoms with Crippen LogP contribution in [0.4, 0.5) is 5.69 Å². The number of halogens is 2. The summed E-state index contributed by atoms with van der Waals surface area (Å²) in [7, 11) is 0. The van der Waals surface area contributed by atoms with Crippen LogP contribution in [0.15, 0.2) is 33.4 Å². The zero-order valence-corrected chi connectivity index (χ0v) is 14.4. The Morgan fingerprint density at radius 3 is 2.81 bits per heavy atom. The molecule has 0 spiro atoms. The number of unbranched alkanes of at least 4 members (excludes halogenated alkanes) is 1. The monoisotopic (exact) mass is 361 g/mol. The van der Waals surface area contributed by atoms with Gasteiger partial charge in [0.15, 0.2) is 0 Å². The highest BCUT2D eigenvalue weighted by Gasteiger charge is 2.21. The number of nitro groups is 1. The van der Waals surface area contributed by atoms with Gasteiger partial charge in [-0.25, -0.2) is 0 Å². The SMILES string of the molecule is CCCCc1cc([N+](=O)[O-])c(Sc2cccc(Cl)c2Cl)s1. The first kappa shape index (κ1) is 16.6. The van der Waals surface area contributed by atoms with Crippen LogP contribution < -0.4 is 0 Å². The van der Waals surface area contributed by atoms with Crippen LogP contribution in [0.2, 0.25) is 10.0 Å². The second kappa shape index (κ2) is 7.49. The van der Waals surface area contributed by atoms with Gasteiger partial charge in [-0.3, -0.25) is 10.1 Å². The summed E-state index contributed by atoms with van der Waals surface area (Å²) in [6.07, 6.45) is 2.96. The molecule has 2 aromatic rings. The van der Waals surface area contributed by atoms with Crippen molar-refractivity contribution in [1.29, 1.82) is 0 Å². The molecular weight excluding hydrogens is 349 g/mol. The molecule has 0 aliphatic carbocycles. The maximum absolute atomic E-state index is 11.2. The third kappa shape index (κ3) is 4.13. The molecular formula is C14H13Cl2NO2S2. The van der Waals surface area contributed by atoms with Crippen molar-refractivity contribution in [2.45, 2.75) is 35.3 Å². The molecule has 0 bridgehead atoms. The number of aryl methyl sites for hydroxylation is 1. The van der Waals surface area contributed by atoms with Gasteiger partial charge in [0.1, 0.15) is 4.21 Å². The van der Waals surface area contributed by atoms with Crippen molar-refractivity contribution < 1.29 is 4.92 Å². The predicted octanol–water partition coefficient (Wildman–Crippen LogP) is 6.46. The normalized spacial score (nSPS) is 10.8. The average Bonchev–Trinajstić information content (AvgIpc) is 2.85. The lowest BCUT2D eigenvalue weighted by Crippen LogP contribution is -1.86. The largest absolute Gasteiger partial charge is 0.294 e. The highest BCUT2D eigenvalue weighted by atomic mass is 35.5. The van der Waals surface area contributed by atoms with Gasteiger partial charge in [-0.05, 0) is 25.0 Å². The van der Waals surface area contributed by atoms with Crippen LogP contribution in [0.5, 0.6) is 0 Å². The van der Waals surface area contributed by atoms with E-state index in [1.807, 2.05) is 6.07 Å². The zero-order valence-electron chi connectivity index (χ0n) is 11.3. The Balaban J connectivity index is 2.31. The van der Waals surface area contributed by atoms with E-state index in [0.29, 0.717) is 14.3 Å². The molecule has 0 aliphatic rings. The predicted molar refractivity (Wildman–Crippen MR) is 90.2 cm³/mol. The molecule has 0 saturated carbocycles. The Bertz CT molecular complexity index is 658. The smallest absolute Gasteiger partial charge is 0.258 e. The van der Waals surface area contributed by atoms with Gasteiger partial charge in [0, 0.05) is 15.8 Å². The first-order chi connectivity index (χ1) is 10.0. The molecule has 112 valence electrons. The van der Waals surface area contributed by atoms with Gasteiger partial charge in [0.05, 0.1) is 15.0 Å². The summed E-state index contributed by atoms with van der Waals surface area (Å²) >= 11 is 14.9. The van der Waals surface area contributed by atoms with Crippen molar-refractivity contribution in [1.82, 2.24) is 0 Å². The molecule has 3 nitrogen and oxygen atoms in total. The molecule has 1 aromatic heterocycles. The number of thiophene rings is 1. The molecule has 1 aromatic carbocycles. The molecule has 0 amide bonds. The summed E-state index contributed by atoms with van der Waals surface area (Å²) in [6, 6.07) is 6.96. The fourth-order valence-corrected chi connectivity index (χ4v) is 4.66. The maximum atomic E-state index is 11.2. The number of benzene rings is 1. The minimum atomic E-state index is -0.341. The van der Waals surface area contributed by atoms with E-state index < -0.39 is 0 Å². The fraction of sp³-hybridized carbons (Fsp3) is 0.286. The van der Waals surface area contributed by atoms with Gasteiger partial charge >= 0.3 is 0 Å². The van der Waals surface area contributed by atoms with Crippen molar-refractivity contribution in [3.63, 3.8) is 0 Å². The van der Waals surface area contributed by atoms with Gasteiger partial charge in [-0.1, -0.05) is 54.4 Å². The zero-order chi connectivity index (χ0) is 15.4. The lowest BCUT2D eigenvalue weighted by molar-refractivity contribution is -0.387. The highest BCUT2D eigenvalue weighted by Crippen LogP contribution is 2.45. The second-order valence-electron chi connectivity index (χ2n) is 4.40. The van der Waals surface area contributed by atoms with Crippen LogP contribution in [0.1, 0.15) is 24.6 Å². The molecule has 0 unspecified atom stereocenters. The molecule has 0 saturated heterocycles. The third-order valence-electron chi connectivity index (χ3n) is 2.82. The van der Waals surface area contributed by atoms with E-state index in [4.69, 9.17) is 23.2 Å². The van der Waals surface area contributed by atoms with Crippen molar-refractivity contribution >= 4 is 52.0 Å². The summed E-state index contributed by atoms with van der Waals surface area (Å²) < 4.78 is 0.648. The lowest BCUT2D eigenvalue weighted by Gasteiger charge is -2.03. The van der Waals surface area contributed by atoms with E-state index in [9.17, 15) is 10.1 Å². The Morgan fingerprint density at radius 1 is 1.38 bits per heavy atom. The van der Waals surface area contributed by atoms with Gasteiger partial charge < -0.3 is 0 Å². The van der Waals surface area contributed by atoms with Crippen LogP contribution >= 0.6 is 46.3 Å². The van der Waals surface area contributed by atoms with Crippen LogP contribution in [0.3, 0.4) is 0 Å². The van der Waals surface area contributed by atoms with E-state index in [0.717, 1.165) is 29.0 Å². The molecule has 7 heteroatoms. The Kier molecular flexibility index (Phi) is 5.93. The minimum absolute atomic E-state index is 0.146. The van der Waals surface area contributed by atoms with Crippen molar-refractivity contribution in [3.8, 4) is 0 Å². The Hall–Kier alpha value is -0.750. The minimum Gasteiger partial charge on any atom is -0.258 e. The van der Waals surface area contributed by atoms with Crippen molar-refractivity contribution in [2.75, 3.05) is 0 Å². The molecule has 0 N–H and O–H groups in total. The average molecular weight is 362 g/mol. The van der Waals surface area contributed by atoms with Gasteiger partial charge in [0.25, 0.3) is 5.69 Å². The van der Waals surface area contributed by atoms with Gasteiger partial charge in [-0.15, -0.1) is 11.3 Å². The van der Waals surface area contributed by atoms with Gasteiger partial charge in [0.2, 0.25) is 0 Å². The van der Waals surface area contributed by atoms with Crippen LogP contribution in [-0.2, 0) is 6.42 Å². The number of rotatable bonds is 6. The molecule has 0 atom stereocenters. The maximum Gasteiger partial charge on any atom is 0.294 e. The standard InChI is InChI=1S/C14H13Cl2NO2S2/c1-2-3-5-9-8-11(17(18)19)14(20-9)21-12-7-4-6-10(15)13(12)16/h4,6-8H,2-3,5H2,1H3. The summed E-state index contributed by atoms with van der Waals surface area (Å²) in [5, 5.41) is 12.1. The molecule has 21 heavy (non-hydrogen) atoms. The number of hydrogen-bond acceptors (Lipinski definition) is 4. The Morgan fingerprint density at radius 2 is 2.14 bits per heavy atom. The molecule has 0 fully saturated rings. The summed E-state index contributed by atoms with van der Waals surface area (Å²) in [6.45, 7) is 2.10. The first-order valence-electron chi connectivity index (χ1n) is 6.42. The van der Waals surface area contributed by atoms with Crippen LogP contribution in [0.25, 0.3) is 0 Å². The van der Waals surface area contributed by atoms with Crippen molar-refractivity contribution in [3.05, 3.63) is 49.3 Å². The fourth-order valence-electron chi connectivity index (χ4n) is 1.75. The molecule has 2 rings (SSSR count). The highest BCUT2D eigenvalue weighted by molar-refractivity contribution is 8.01. The number of nitrogens with zero attached hydrogens (tertiary/aromatic N) is 1. The number of hydrogen-bond donors (Lipinski definition) is 0. The molecule has 1 heterocycles. The van der Waals surface area contributed by atoms with E-state index in [2.05, 4.69) is 6.92 Å². The van der Waals surface area contributed by atoms with Crippen LogP contribution in [0, 0.1) is 10.1 Å².